The van der Waals surface area contributed by atoms with Gasteiger partial charge in [0.2, 0.25) is 11.8 Å². The maximum atomic E-state index is 13.9. The number of nitrogens with zero attached hydrogens (tertiary/aromatic N) is 2. The van der Waals surface area contributed by atoms with E-state index in [1.807, 2.05) is 38.1 Å². The molecule has 214 valence electrons. The summed E-state index contributed by atoms with van der Waals surface area (Å²) in [6, 6.07) is 17.3. The molecule has 0 fully saturated rings. The van der Waals surface area contributed by atoms with Gasteiger partial charge in [-0.3, -0.25) is 13.9 Å². The fraction of sp³-hybridized carbons (Fsp3) is 0.333. The van der Waals surface area contributed by atoms with Crippen LogP contribution < -0.4 is 14.4 Å². The highest BCUT2D eigenvalue weighted by molar-refractivity contribution is 7.92. The molecule has 0 aliphatic carbocycles. The molecule has 0 aromatic heterocycles. The average molecular weight is 570 g/mol. The van der Waals surface area contributed by atoms with Crippen molar-refractivity contribution in [2.24, 2.45) is 0 Å². The zero-order valence-electron chi connectivity index (χ0n) is 23.3. The summed E-state index contributed by atoms with van der Waals surface area (Å²) in [6.07, 6.45) is 1.69. The normalized spacial score (nSPS) is 11.9. The van der Waals surface area contributed by atoms with Crippen molar-refractivity contribution in [2.45, 2.75) is 51.1 Å². The molecule has 0 saturated carbocycles. The lowest BCUT2D eigenvalue weighted by atomic mass is 10.1. The first kappa shape index (κ1) is 30.6. The van der Waals surface area contributed by atoms with E-state index in [1.54, 1.807) is 6.92 Å². The number of carbonyl (C=O) groups excluding carboxylic acids is 2. The molecule has 0 radical (unpaired) electrons. The van der Waals surface area contributed by atoms with Crippen LogP contribution in [0.3, 0.4) is 0 Å². The molecule has 2 amide bonds. The number of rotatable bonds is 13. The standard InChI is InChI=1S/C30H36FN3O5S/c1-5-6-19-32-30(36)23(3)33(20-24-10-8-7-9-22(24)2)29(35)21-34(26-13-11-25(31)12-14-26)40(37,38)28-17-15-27(39-4)16-18-28/h7-18,23H,5-6,19-21H2,1-4H3,(H,32,36). The van der Waals surface area contributed by atoms with Gasteiger partial charge >= 0.3 is 0 Å². The van der Waals surface area contributed by atoms with Crippen LogP contribution in [0.4, 0.5) is 10.1 Å². The number of unbranched alkanes of at least 4 members (excludes halogenated alkanes) is 1. The highest BCUT2D eigenvalue weighted by atomic mass is 32.2. The van der Waals surface area contributed by atoms with Gasteiger partial charge in [0.05, 0.1) is 17.7 Å². The second-order valence-corrected chi connectivity index (χ2v) is 11.3. The Morgan fingerprint density at radius 1 is 1.00 bits per heavy atom. The van der Waals surface area contributed by atoms with Crippen LogP contribution >= 0.6 is 0 Å². The minimum atomic E-state index is -4.26. The van der Waals surface area contributed by atoms with E-state index in [2.05, 4.69) is 5.32 Å². The minimum absolute atomic E-state index is 0.0683. The Morgan fingerprint density at radius 2 is 1.65 bits per heavy atom. The number of amides is 2. The Labute approximate surface area is 235 Å². The maximum Gasteiger partial charge on any atom is 0.264 e. The van der Waals surface area contributed by atoms with E-state index >= 15 is 0 Å². The fourth-order valence-electron chi connectivity index (χ4n) is 4.10. The Bertz CT molecular complexity index is 1400. The molecule has 3 aromatic rings. The number of carbonyl (C=O) groups is 2. The molecule has 0 saturated heterocycles. The Kier molecular flexibility index (Phi) is 10.7. The molecule has 0 heterocycles. The van der Waals surface area contributed by atoms with E-state index in [0.717, 1.165) is 40.4 Å². The van der Waals surface area contributed by atoms with Crippen LogP contribution in [0.2, 0.25) is 0 Å². The summed E-state index contributed by atoms with van der Waals surface area (Å²) in [5.41, 5.74) is 1.87. The number of hydrogen-bond acceptors (Lipinski definition) is 5. The predicted molar refractivity (Wildman–Crippen MR) is 153 cm³/mol. The van der Waals surface area contributed by atoms with Gasteiger partial charge < -0.3 is 15.0 Å². The summed E-state index contributed by atoms with van der Waals surface area (Å²) in [5, 5.41) is 2.86. The summed E-state index contributed by atoms with van der Waals surface area (Å²) in [7, 11) is -2.79. The van der Waals surface area contributed by atoms with E-state index in [-0.39, 0.29) is 23.0 Å². The summed E-state index contributed by atoms with van der Waals surface area (Å²) in [4.78, 5) is 28.2. The Hall–Kier alpha value is -3.92. The van der Waals surface area contributed by atoms with Crippen LogP contribution in [-0.2, 0) is 26.2 Å². The largest absolute Gasteiger partial charge is 0.497 e. The first-order valence-electron chi connectivity index (χ1n) is 13.1. The summed E-state index contributed by atoms with van der Waals surface area (Å²) in [5.74, 6) is -0.990. The second-order valence-electron chi connectivity index (χ2n) is 9.43. The maximum absolute atomic E-state index is 13.9. The number of ether oxygens (including phenoxy) is 1. The van der Waals surface area contributed by atoms with Crippen LogP contribution in [-0.4, -0.2) is 51.4 Å². The van der Waals surface area contributed by atoms with E-state index in [4.69, 9.17) is 4.74 Å². The van der Waals surface area contributed by atoms with Gasteiger partial charge in [0.25, 0.3) is 10.0 Å². The van der Waals surface area contributed by atoms with Gasteiger partial charge in [-0.05, 0) is 79.9 Å². The first-order valence-corrected chi connectivity index (χ1v) is 14.6. The number of methoxy groups -OCH3 is 1. The van der Waals surface area contributed by atoms with E-state index < -0.39 is 34.3 Å². The van der Waals surface area contributed by atoms with Crippen LogP contribution in [0, 0.1) is 12.7 Å². The van der Waals surface area contributed by atoms with Crippen LogP contribution in [0.1, 0.15) is 37.8 Å². The topological polar surface area (TPSA) is 96.0 Å². The Morgan fingerprint density at radius 3 is 2.25 bits per heavy atom. The molecule has 0 bridgehead atoms. The lowest BCUT2D eigenvalue weighted by Gasteiger charge is -2.32. The minimum Gasteiger partial charge on any atom is -0.497 e. The number of nitrogens with one attached hydrogen (secondary N) is 1. The van der Waals surface area contributed by atoms with Crippen molar-refractivity contribution in [2.75, 3.05) is 24.5 Å². The number of halogens is 1. The van der Waals surface area contributed by atoms with Gasteiger partial charge in [0, 0.05) is 13.1 Å². The molecule has 3 aromatic carbocycles. The van der Waals surface area contributed by atoms with Gasteiger partial charge in [-0.1, -0.05) is 37.6 Å². The molecule has 0 aliphatic heterocycles. The number of aryl methyl sites for hydroxylation is 1. The molecule has 8 nitrogen and oxygen atoms in total. The third kappa shape index (κ3) is 7.59. The monoisotopic (exact) mass is 569 g/mol. The molecule has 0 spiro atoms. The lowest BCUT2D eigenvalue weighted by molar-refractivity contribution is -0.139. The number of hydrogen-bond donors (Lipinski definition) is 1. The van der Waals surface area contributed by atoms with Gasteiger partial charge in [0.1, 0.15) is 24.2 Å². The molecule has 3 rings (SSSR count). The average Bonchev–Trinajstić information content (AvgIpc) is 2.95. The summed E-state index contributed by atoms with van der Waals surface area (Å²) in [6.45, 7) is 5.52. The van der Waals surface area contributed by atoms with Crippen molar-refractivity contribution < 1.29 is 27.1 Å². The van der Waals surface area contributed by atoms with E-state index in [9.17, 15) is 22.4 Å². The summed E-state index contributed by atoms with van der Waals surface area (Å²) >= 11 is 0. The Balaban J connectivity index is 2.00. The summed E-state index contributed by atoms with van der Waals surface area (Å²) < 4.78 is 47.4. The number of sulfonamides is 1. The van der Waals surface area contributed by atoms with E-state index in [1.165, 1.54) is 48.4 Å². The molecule has 1 atom stereocenters. The van der Waals surface area contributed by atoms with Crippen LogP contribution in [0.15, 0.2) is 77.7 Å². The van der Waals surface area contributed by atoms with Crippen molar-refractivity contribution in [1.29, 1.82) is 0 Å². The third-order valence-corrected chi connectivity index (χ3v) is 8.43. The van der Waals surface area contributed by atoms with Crippen LogP contribution in [0.5, 0.6) is 5.75 Å². The zero-order chi connectivity index (χ0) is 29.3. The second kappa shape index (κ2) is 13.9. The number of anilines is 1. The SMILES string of the molecule is CCCCNC(=O)C(C)N(Cc1ccccc1C)C(=O)CN(c1ccc(F)cc1)S(=O)(=O)c1ccc(OC)cc1. The number of benzene rings is 3. The molecule has 1 unspecified atom stereocenters. The van der Waals surface area contributed by atoms with Crippen molar-refractivity contribution in [1.82, 2.24) is 10.2 Å². The molecule has 0 aliphatic rings. The van der Waals surface area contributed by atoms with Crippen molar-refractivity contribution in [3.8, 4) is 5.75 Å². The fourth-order valence-corrected chi connectivity index (χ4v) is 5.51. The van der Waals surface area contributed by atoms with Crippen LogP contribution in [0.25, 0.3) is 0 Å². The molecule has 10 heteroatoms. The van der Waals surface area contributed by atoms with Crippen molar-refractivity contribution >= 4 is 27.5 Å². The van der Waals surface area contributed by atoms with Crippen molar-refractivity contribution in [3.63, 3.8) is 0 Å². The van der Waals surface area contributed by atoms with Gasteiger partial charge in [-0.25, -0.2) is 12.8 Å². The van der Waals surface area contributed by atoms with Gasteiger partial charge in [0.15, 0.2) is 0 Å². The van der Waals surface area contributed by atoms with Gasteiger partial charge in [-0.2, -0.15) is 0 Å². The van der Waals surface area contributed by atoms with Gasteiger partial charge in [-0.15, -0.1) is 0 Å². The quantitative estimate of drug-likeness (QED) is 0.302. The molecular formula is C30H36FN3O5S. The lowest BCUT2D eigenvalue weighted by Crippen LogP contribution is -2.51. The predicted octanol–water partition coefficient (Wildman–Crippen LogP) is 4.67. The molecule has 1 N–H and O–H groups in total. The smallest absolute Gasteiger partial charge is 0.264 e. The highest BCUT2D eigenvalue weighted by Crippen LogP contribution is 2.26. The van der Waals surface area contributed by atoms with Crippen molar-refractivity contribution in [3.05, 3.63) is 89.7 Å². The van der Waals surface area contributed by atoms with E-state index in [0.29, 0.717) is 12.3 Å². The highest BCUT2D eigenvalue weighted by Gasteiger charge is 2.32. The molecular weight excluding hydrogens is 533 g/mol. The zero-order valence-corrected chi connectivity index (χ0v) is 24.1. The molecule has 40 heavy (non-hydrogen) atoms. The first-order chi connectivity index (χ1) is 19.1. The third-order valence-electron chi connectivity index (χ3n) is 6.64.